The minimum absolute atomic E-state index is 0.137. The lowest BCUT2D eigenvalue weighted by molar-refractivity contribution is 0.245. The van der Waals surface area contributed by atoms with E-state index in [9.17, 15) is 0 Å². The number of rotatable bonds is 9. The Bertz CT molecular complexity index is 999. The number of ether oxygens (including phenoxy) is 2. The molecule has 0 aliphatic rings. The third-order valence-corrected chi connectivity index (χ3v) is 4.73. The number of hydrogen-bond acceptors (Lipinski definition) is 6. The predicted molar refractivity (Wildman–Crippen MR) is 122 cm³/mol. The Kier molecular flexibility index (Phi) is 7.14. The van der Waals surface area contributed by atoms with Gasteiger partial charge < -0.3 is 20.9 Å². The Labute approximate surface area is 181 Å². The van der Waals surface area contributed by atoms with Gasteiger partial charge in [-0.3, -0.25) is 0 Å². The van der Waals surface area contributed by atoms with Crippen molar-refractivity contribution in [2.75, 3.05) is 24.7 Å². The van der Waals surface area contributed by atoms with Crippen molar-refractivity contribution >= 4 is 23.4 Å². The standard InChI is InChI=1S/C23H25ClN4O2/c1-3-5-18-14-17(16-6-9-19(24)10-7-16)8-11-20(18)29-12-4-13-30-21-15(2)27-23(26)28-22(21)25/h3,6-11,14H,1,4-5,12-13H2,2H3,(H4,25,26,27,28). The summed E-state index contributed by atoms with van der Waals surface area (Å²) in [6.07, 6.45) is 3.26. The molecular formula is C23H25ClN4O2. The molecule has 0 aliphatic heterocycles. The largest absolute Gasteiger partial charge is 0.493 e. The lowest BCUT2D eigenvalue weighted by Gasteiger charge is -2.14. The maximum atomic E-state index is 5.99. The molecule has 0 bridgehead atoms. The predicted octanol–water partition coefficient (Wildman–Crippen LogP) is 4.85. The van der Waals surface area contributed by atoms with Crippen LogP contribution < -0.4 is 20.9 Å². The number of allylic oxidation sites excluding steroid dienone is 1. The minimum atomic E-state index is 0.137. The summed E-state index contributed by atoms with van der Waals surface area (Å²) < 4.78 is 11.7. The summed E-state index contributed by atoms with van der Waals surface area (Å²) in [5, 5.41) is 0.717. The summed E-state index contributed by atoms with van der Waals surface area (Å²) in [5.41, 5.74) is 15.3. The van der Waals surface area contributed by atoms with Crippen LogP contribution in [0, 0.1) is 6.92 Å². The van der Waals surface area contributed by atoms with E-state index in [0.29, 0.717) is 37.5 Å². The van der Waals surface area contributed by atoms with Crippen LogP contribution in [0.4, 0.5) is 11.8 Å². The summed E-state index contributed by atoms with van der Waals surface area (Å²) in [6.45, 7) is 6.56. The second kappa shape index (κ2) is 9.98. The van der Waals surface area contributed by atoms with Gasteiger partial charge in [0.25, 0.3) is 0 Å². The molecular weight excluding hydrogens is 400 g/mol. The van der Waals surface area contributed by atoms with E-state index in [-0.39, 0.29) is 11.8 Å². The van der Waals surface area contributed by atoms with Crippen molar-refractivity contribution in [2.45, 2.75) is 19.8 Å². The average Bonchev–Trinajstić information content (AvgIpc) is 2.71. The average molecular weight is 425 g/mol. The molecule has 7 heteroatoms. The second-order valence-electron chi connectivity index (χ2n) is 6.75. The fraction of sp³-hybridized carbons (Fsp3) is 0.217. The number of aromatic nitrogens is 2. The molecule has 0 spiro atoms. The van der Waals surface area contributed by atoms with Gasteiger partial charge >= 0.3 is 0 Å². The first kappa shape index (κ1) is 21.5. The van der Waals surface area contributed by atoms with Crippen molar-refractivity contribution in [3.8, 4) is 22.6 Å². The Balaban J connectivity index is 1.59. The van der Waals surface area contributed by atoms with Crippen LogP contribution in [-0.2, 0) is 6.42 Å². The number of benzene rings is 2. The van der Waals surface area contributed by atoms with Crippen LogP contribution >= 0.6 is 11.6 Å². The second-order valence-corrected chi connectivity index (χ2v) is 7.19. The van der Waals surface area contributed by atoms with Crippen molar-refractivity contribution < 1.29 is 9.47 Å². The van der Waals surface area contributed by atoms with E-state index in [1.165, 1.54) is 0 Å². The zero-order chi connectivity index (χ0) is 21.5. The highest BCUT2D eigenvalue weighted by atomic mass is 35.5. The van der Waals surface area contributed by atoms with Crippen molar-refractivity contribution in [1.29, 1.82) is 0 Å². The lowest BCUT2D eigenvalue weighted by Crippen LogP contribution is -2.10. The highest BCUT2D eigenvalue weighted by Gasteiger charge is 2.10. The van der Waals surface area contributed by atoms with E-state index in [0.717, 1.165) is 27.5 Å². The molecule has 156 valence electrons. The number of nitrogens with zero attached hydrogens (tertiary/aromatic N) is 2. The zero-order valence-electron chi connectivity index (χ0n) is 16.9. The third-order valence-electron chi connectivity index (χ3n) is 4.47. The highest BCUT2D eigenvalue weighted by molar-refractivity contribution is 6.30. The van der Waals surface area contributed by atoms with E-state index in [4.69, 9.17) is 32.5 Å². The van der Waals surface area contributed by atoms with Gasteiger partial charge in [0.2, 0.25) is 5.95 Å². The van der Waals surface area contributed by atoms with Gasteiger partial charge in [0, 0.05) is 11.4 Å². The molecule has 30 heavy (non-hydrogen) atoms. The fourth-order valence-electron chi connectivity index (χ4n) is 3.06. The van der Waals surface area contributed by atoms with Crippen LogP contribution in [-0.4, -0.2) is 23.2 Å². The Morgan fingerprint density at radius 2 is 1.70 bits per heavy atom. The number of hydrogen-bond donors (Lipinski definition) is 2. The third kappa shape index (κ3) is 5.42. The SMILES string of the molecule is C=CCc1cc(-c2ccc(Cl)cc2)ccc1OCCCOc1c(C)nc(N)nc1N. The molecule has 0 unspecified atom stereocenters. The summed E-state index contributed by atoms with van der Waals surface area (Å²) in [4.78, 5) is 7.99. The number of halogens is 1. The fourth-order valence-corrected chi connectivity index (χ4v) is 3.18. The Hall–Kier alpha value is -3.25. The number of anilines is 2. The number of nitrogen functional groups attached to an aromatic ring is 2. The summed E-state index contributed by atoms with van der Waals surface area (Å²) in [7, 11) is 0. The topological polar surface area (TPSA) is 96.3 Å². The van der Waals surface area contributed by atoms with Crippen molar-refractivity contribution in [3.05, 3.63) is 71.4 Å². The van der Waals surface area contributed by atoms with Gasteiger partial charge in [-0.1, -0.05) is 35.9 Å². The molecule has 0 atom stereocenters. The molecule has 0 saturated carbocycles. The van der Waals surface area contributed by atoms with Crippen LogP contribution in [0.1, 0.15) is 17.7 Å². The first-order valence-corrected chi connectivity index (χ1v) is 10.0. The van der Waals surface area contributed by atoms with Crippen LogP contribution in [0.5, 0.6) is 11.5 Å². The molecule has 2 aromatic carbocycles. The van der Waals surface area contributed by atoms with Crippen molar-refractivity contribution in [1.82, 2.24) is 9.97 Å². The van der Waals surface area contributed by atoms with Gasteiger partial charge in [0.1, 0.15) is 5.75 Å². The molecule has 0 saturated heterocycles. The van der Waals surface area contributed by atoms with Crippen LogP contribution in [0.2, 0.25) is 5.02 Å². The first-order chi connectivity index (χ1) is 14.5. The molecule has 0 amide bonds. The molecule has 3 aromatic rings. The smallest absolute Gasteiger partial charge is 0.222 e. The zero-order valence-corrected chi connectivity index (χ0v) is 17.7. The molecule has 0 fully saturated rings. The number of nitrogens with two attached hydrogens (primary N) is 2. The molecule has 1 aromatic heterocycles. The van der Waals surface area contributed by atoms with Crippen LogP contribution in [0.3, 0.4) is 0 Å². The van der Waals surface area contributed by atoms with E-state index in [1.54, 1.807) is 6.92 Å². The Morgan fingerprint density at radius 1 is 1.00 bits per heavy atom. The van der Waals surface area contributed by atoms with E-state index < -0.39 is 0 Å². The lowest BCUT2D eigenvalue weighted by atomic mass is 10.0. The molecule has 0 aliphatic carbocycles. The van der Waals surface area contributed by atoms with Crippen LogP contribution in [0.25, 0.3) is 11.1 Å². The minimum Gasteiger partial charge on any atom is -0.493 e. The van der Waals surface area contributed by atoms with E-state index >= 15 is 0 Å². The van der Waals surface area contributed by atoms with Gasteiger partial charge in [-0.05, 0) is 54.3 Å². The maximum Gasteiger partial charge on any atom is 0.222 e. The molecule has 3 rings (SSSR count). The normalized spacial score (nSPS) is 10.6. The highest BCUT2D eigenvalue weighted by Crippen LogP contribution is 2.28. The van der Waals surface area contributed by atoms with Crippen molar-refractivity contribution in [2.24, 2.45) is 0 Å². The molecule has 1 heterocycles. The maximum absolute atomic E-state index is 5.99. The molecule has 6 nitrogen and oxygen atoms in total. The van der Waals surface area contributed by atoms with Gasteiger partial charge in [-0.25, -0.2) is 4.98 Å². The molecule has 0 radical (unpaired) electrons. The van der Waals surface area contributed by atoms with Crippen molar-refractivity contribution in [3.63, 3.8) is 0 Å². The summed E-state index contributed by atoms with van der Waals surface area (Å²) >= 11 is 5.99. The summed E-state index contributed by atoms with van der Waals surface area (Å²) in [6, 6.07) is 13.9. The monoisotopic (exact) mass is 424 g/mol. The first-order valence-electron chi connectivity index (χ1n) is 9.63. The quantitative estimate of drug-likeness (QED) is 0.376. The summed E-state index contributed by atoms with van der Waals surface area (Å²) in [5.74, 6) is 1.67. The molecule has 4 N–H and O–H groups in total. The van der Waals surface area contributed by atoms with E-state index in [2.05, 4.69) is 22.6 Å². The van der Waals surface area contributed by atoms with Gasteiger partial charge in [0.15, 0.2) is 11.6 Å². The van der Waals surface area contributed by atoms with Gasteiger partial charge in [0.05, 0.1) is 18.9 Å². The van der Waals surface area contributed by atoms with Gasteiger partial charge in [-0.15, -0.1) is 6.58 Å². The Morgan fingerprint density at radius 3 is 2.40 bits per heavy atom. The van der Waals surface area contributed by atoms with E-state index in [1.807, 2.05) is 42.5 Å². The number of aryl methyl sites for hydroxylation is 1. The van der Waals surface area contributed by atoms with Crippen LogP contribution in [0.15, 0.2) is 55.1 Å². The van der Waals surface area contributed by atoms with Gasteiger partial charge in [-0.2, -0.15) is 4.98 Å².